The van der Waals surface area contributed by atoms with E-state index in [1.165, 1.54) is 0 Å². The lowest BCUT2D eigenvalue weighted by atomic mass is 10.1. The Kier molecular flexibility index (Phi) is 5.64. The van der Waals surface area contributed by atoms with Crippen molar-refractivity contribution >= 4 is 35.6 Å². The highest BCUT2D eigenvalue weighted by Crippen LogP contribution is 2.38. The van der Waals surface area contributed by atoms with Crippen LogP contribution in [0.5, 0.6) is 11.5 Å². The Morgan fingerprint density at radius 1 is 1.19 bits per heavy atom. The maximum Gasteiger partial charge on any atom is 0.236 e. The molecule has 1 aliphatic rings. The van der Waals surface area contributed by atoms with E-state index in [-0.39, 0.29) is 18.4 Å². The summed E-state index contributed by atoms with van der Waals surface area (Å²) in [6.45, 7) is 1.73. The first-order chi connectivity index (χ1) is 12.6. The smallest absolute Gasteiger partial charge is 0.236 e. The number of nitrogens with two attached hydrogens (primary N) is 1. The van der Waals surface area contributed by atoms with Crippen molar-refractivity contribution in [2.75, 3.05) is 32.2 Å². The summed E-state index contributed by atoms with van der Waals surface area (Å²) >= 11 is 6.28. The number of imidazole rings is 1. The minimum atomic E-state index is 0. The molecule has 0 saturated carbocycles. The molecule has 0 amide bonds. The molecular weight excluding hydrogens is 389 g/mol. The fourth-order valence-corrected chi connectivity index (χ4v) is 3.47. The summed E-state index contributed by atoms with van der Waals surface area (Å²) in [5, 5.41) is 0.500. The van der Waals surface area contributed by atoms with E-state index in [0.717, 1.165) is 36.6 Å². The number of hydrogen-bond donors (Lipinski definition) is 1. The van der Waals surface area contributed by atoms with Crippen molar-refractivity contribution < 1.29 is 9.47 Å². The minimum Gasteiger partial charge on any atom is -0.496 e. The first kappa shape index (κ1) is 19.5. The number of anilines is 1. The lowest BCUT2D eigenvalue weighted by Crippen LogP contribution is -2.26. The highest BCUT2D eigenvalue weighted by atomic mass is 35.5. The van der Waals surface area contributed by atoms with Crippen LogP contribution in [-0.4, -0.2) is 47.7 Å². The summed E-state index contributed by atoms with van der Waals surface area (Å²) in [6.07, 6.45) is 4.84. The van der Waals surface area contributed by atoms with Crippen molar-refractivity contribution in [2.24, 2.45) is 5.73 Å². The Hall–Kier alpha value is -2.22. The third-order valence-electron chi connectivity index (χ3n) is 4.61. The molecule has 3 aromatic rings. The molecule has 4 rings (SSSR count). The highest BCUT2D eigenvalue weighted by Gasteiger charge is 2.21. The third kappa shape index (κ3) is 3.63. The third-order valence-corrected chi connectivity index (χ3v) is 4.91. The number of hydrogen-bond acceptors (Lipinski definition) is 6. The molecule has 0 aliphatic carbocycles. The van der Waals surface area contributed by atoms with Gasteiger partial charge in [-0.2, -0.15) is 4.98 Å². The second kappa shape index (κ2) is 7.80. The van der Waals surface area contributed by atoms with Gasteiger partial charge in [0.15, 0.2) is 0 Å². The van der Waals surface area contributed by atoms with Gasteiger partial charge in [-0.3, -0.25) is 4.40 Å². The van der Waals surface area contributed by atoms with Gasteiger partial charge in [0.25, 0.3) is 0 Å². The fraction of sp³-hybridized carbons (Fsp3) is 0.333. The molecule has 0 radical (unpaired) electrons. The fourth-order valence-electron chi connectivity index (χ4n) is 3.22. The number of fused-ring (bicyclic) bond motifs is 1. The van der Waals surface area contributed by atoms with E-state index < -0.39 is 0 Å². The Balaban J connectivity index is 0.00000210. The van der Waals surface area contributed by atoms with Crippen LogP contribution < -0.4 is 20.1 Å². The monoisotopic (exact) mass is 409 g/mol. The molecule has 9 heteroatoms. The number of methoxy groups -OCH3 is 2. The summed E-state index contributed by atoms with van der Waals surface area (Å²) < 4.78 is 12.6. The average Bonchev–Trinajstić information content (AvgIpc) is 3.26. The predicted molar refractivity (Wildman–Crippen MR) is 109 cm³/mol. The van der Waals surface area contributed by atoms with Gasteiger partial charge in [-0.05, 0) is 18.6 Å². The van der Waals surface area contributed by atoms with Gasteiger partial charge in [0, 0.05) is 43.2 Å². The van der Waals surface area contributed by atoms with E-state index in [9.17, 15) is 0 Å². The molecule has 0 bridgehead atoms. The molecule has 1 atom stereocenters. The molecule has 27 heavy (non-hydrogen) atoms. The average molecular weight is 410 g/mol. The van der Waals surface area contributed by atoms with Crippen LogP contribution in [0.4, 0.5) is 5.82 Å². The number of nitrogens with zero attached hydrogens (tertiary/aromatic N) is 4. The molecule has 7 nitrogen and oxygen atoms in total. The number of halogens is 2. The zero-order valence-corrected chi connectivity index (χ0v) is 16.6. The van der Waals surface area contributed by atoms with Gasteiger partial charge in [0.05, 0.1) is 24.9 Å². The van der Waals surface area contributed by atoms with Gasteiger partial charge in [0.1, 0.15) is 17.3 Å². The van der Waals surface area contributed by atoms with E-state index in [0.29, 0.717) is 22.3 Å². The topological polar surface area (TPSA) is 77.9 Å². The second-order valence-electron chi connectivity index (χ2n) is 6.30. The standard InChI is InChI=1S/C18H20ClN5O2.ClH/c1-25-15-8-16(26-2)13(19)7-12(15)14-10-24-6-4-17(22-18(24)21-14)23-5-3-11(20)9-23;/h4,6-8,10-11H,3,5,9,20H2,1-2H3;1H/t11-;/m1./s1. The molecule has 2 aromatic heterocycles. The molecular formula is C18H21Cl2N5O2. The maximum absolute atomic E-state index is 6.28. The van der Waals surface area contributed by atoms with Crippen molar-refractivity contribution in [1.82, 2.24) is 14.4 Å². The Bertz CT molecular complexity index is 962. The Labute approximate surface area is 168 Å². The van der Waals surface area contributed by atoms with Crippen molar-refractivity contribution in [3.05, 3.63) is 35.6 Å². The number of rotatable bonds is 4. The van der Waals surface area contributed by atoms with Gasteiger partial charge in [-0.15, -0.1) is 12.4 Å². The molecule has 0 unspecified atom stereocenters. The quantitative estimate of drug-likeness (QED) is 0.713. The first-order valence-corrected chi connectivity index (χ1v) is 8.75. The summed E-state index contributed by atoms with van der Waals surface area (Å²) in [5.41, 5.74) is 7.51. The van der Waals surface area contributed by atoms with Crippen molar-refractivity contribution in [1.29, 1.82) is 0 Å². The maximum atomic E-state index is 6.28. The molecule has 3 heterocycles. The Morgan fingerprint density at radius 3 is 2.63 bits per heavy atom. The number of benzene rings is 1. The van der Waals surface area contributed by atoms with Crippen molar-refractivity contribution in [3.8, 4) is 22.8 Å². The number of ether oxygens (including phenoxy) is 2. The Morgan fingerprint density at radius 2 is 1.96 bits per heavy atom. The lowest BCUT2D eigenvalue weighted by molar-refractivity contribution is 0.395. The van der Waals surface area contributed by atoms with Gasteiger partial charge in [-0.1, -0.05) is 11.6 Å². The van der Waals surface area contributed by atoms with Crippen LogP contribution in [0.1, 0.15) is 6.42 Å². The molecule has 2 N–H and O–H groups in total. The van der Waals surface area contributed by atoms with Crippen LogP contribution in [0.3, 0.4) is 0 Å². The van der Waals surface area contributed by atoms with Crippen LogP contribution in [0.25, 0.3) is 17.0 Å². The van der Waals surface area contributed by atoms with E-state index in [4.69, 9.17) is 26.8 Å². The van der Waals surface area contributed by atoms with E-state index in [2.05, 4.69) is 14.9 Å². The zero-order chi connectivity index (χ0) is 18.3. The summed E-state index contributed by atoms with van der Waals surface area (Å²) in [7, 11) is 3.18. The minimum absolute atomic E-state index is 0. The van der Waals surface area contributed by atoms with Gasteiger partial charge in [-0.25, -0.2) is 4.98 Å². The van der Waals surface area contributed by atoms with Gasteiger partial charge >= 0.3 is 0 Å². The predicted octanol–water partition coefficient (Wildman–Crippen LogP) is 3.03. The van der Waals surface area contributed by atoms with Crippen LogP contribution in [0, 0.1) is 0 Å². The molecule has 144 valence electrons. The summed E-state index contributed by atoms with van der Waals surface area (Å²) in [4.78, 5) is 11.5. The van der Waals surface area contributed by atoms with Crippen molar-refractivity contribution in [3.63, 3.8) is 0 Å². The largest absolute Gasteiger partial charge is 0.496 e. The van der Waals surface area contributed by atoms with Crippen LogP contribution in [0.15, 0.2) is 30.6 Å². The second-order valence-corrected chi connectivity index (χ2v) is 6.71. The molecule has 1 saturated heterocycles. The number of aromatic nitrogens is 3. The SMILES string of the molecule is COc1cc(OC)c(-c2cn3ccc(N4CC[C@@H](N)C4)nc3n2)cc1Cl.Cl. The van der Waals surface area contributed by atoms with Crippen LogP contribution >= 0.6 is 24.0 Å². The molecule has 1 aromatic carbocycles. The summed E-state index contributed by atoms with van der Waals surface area (Å²) in [5.74, 6) is 2.71. The normalized spacial score (nSPS) is 16.4. The van der Waals surface area contributed by atoms with Crippen LogP contribution in [-0.2, 0) is 0 Å². The van der Waals surface area contributed by atoms with E-state index in [1.807, 2.05) is 22.9 Å². The first-order valence-electron chi connectivity index (χ1n) is 8.37. The molecule has 1 aliphatic heterocycles. The summed E-state index contributed by atoms with van der Waals surface area (Å²) in [6, 6.07) is 5.73. The van der Waals surface area contributed by atoms with E-state index in [1.54, 1.807) is 26.4 Å². The lowest BCUT2D eigenvalue weighted by Gasteiger charge is -2.16. The highest BCUT2D eigenvalue weighted by molar-refractivity contribution is 6.32. The van der Waals surface area contributed by atoms with Crippen molar-refractivity contribution in [2.45, 2.75) is 12.5 Å². The van der Waals surface area contributed by atoms with Crippen LogP contribution in [0.2, 0.25) is 5.02 Å². The zero-order valence-electron chi connectivity index (χ0n) is 15.1. The van der Waals surface area contributed by atoms with E-state index >= 15 is 0 Å². The van der Waals surface area contributed by atoms with Gasteiger partial charge < -0.3 is 20.1 Å². The molecule has 1 fully saturated rings. The van der Waals surface area contributed by atoms with Gasteiger partial charge in [0.2, 0.25) is 5.78 Å². The molecule has 0 spiro atoms.